The molecule has 0 aliphatic carbocycles. The van der Waals surface area contributed by atoms with Crippen LogP contribution in [0.2, 0.25) is 0 Å². The Kier molecular flexibility index (Phi) is 5.64. The number of aryl methyl sites for hydroxylation is 1. The molecule has 100 valence electrons. The van der Waals surface area contributed by atoms with Gasteiger partial charge in [0, 0.05) is 13.0 Å². The minimum absolute atomic E-state index is 0.210. The molecule has 0 aromatic heterocycles. The largest absolute Gasteiger partial charge is 0.469 e. The van der Waals surface area contributed by atoms with Crippen molar-refractivity contribution in [2.45, 2.75) is 19.8 Å². The molecule has 18 heavy (non-hydrogen) atoms. The number of ether oxygens (including phenoxy) is 1. The van der Waals surface area contributed by atoms with Gasteiger partial charge in [-0.15, -0.1) is 0 Å². The molecular weight excluding hydrogens is 254 g/mol. The van der Waals surface area contributed by atoms with E-state index in [9.17, 15) is 13.2 Å². The van der Waals surface area contributed by atoms with Crippen LogP contribution in [0.15, 0.2) is 24.3 Å². The van der Waals surface area contributed by atoms with Crippen LogP contribution in [0.4, 0.5) is 5.69 Å². The zero-order chi connectivity index (χ0) is 13.5. The van der Waals surface area contributed by atoms with E-state index in [-0.39, 0.29) is 18.9 Å². The fourth-order valence-electron chi connectivity index (χ4n) is 1.50. The minimum Gasteiger partial charge on any atom is -0.469 e. The summed E-state index contributed by atoms with van der Waals surface area (Å²) in [6.45, 7) is 2.21. The smallest absolute Gasteiger partial charge is 0.305 e. The van der Waals surface area contributed by atoms with Crippen LogP contribution in [-0.4, -0.2) is 28.0 Å². The first-order chi connectivity index (χ1) is 8.54. The van der Waals surface area contributed by atoms with Crippen molar-refractivity contribution < 1.29 is 17.9 Å². The van der Waals surface area contributed by atoms with Gasteiger partial charge in [0.15, 0.2) is 0 Å². The van der Waals surface area contributed by atoms with Crippen LogP contribution in [-0.2, 0) is 20.4 Å². The second-order valence-electron chi connectivity index (χ2n) is 3.88. The highest BCUT2D eigenvalue weighted by Gasteiger charge is 2.09. The molecule has 0 saturated carbocycles. The maximum Gasteiger partial charge on any atom is 0.305 e. The summed E-state index contributed by atoms with van der Waals surface area (Å²) in [7, 11) is -1.39. The van der Waals surface area contributed by atoms with Crippen LogP contribution in [0.1, 0.15) is 18.4 Å². The fourth-order valence-corrected chi connectivity index (χ4v) is 2.12. The number of anilines is 1. The summed E-state index contributed by atoms with van der Waals surface area (Å²) in [5.41, 5.74) is 1.68. The number of nitrogens with zero attached hydrogens (tertiary/aromatic N) is 1. The quantitative estimate of drug-likeness (QED) is 0.625. The van der Waals surface area contributed by atoms with Crippen molar-refractivity contribution in [3.63, 3.8) is 0 Å². The Morgan fingerprint density at radius 1 is 1.28 bits per heavy atom. The number of hydrogen-bond acceptors (Lipinski definition) is 4. The topological polar surface area (TPSA) is 63.7 Å². The highest BCUT2D eigenvalue weighted by Crippen LogP contribution is 2.15. The standard InChI is InChI=1S/C12H17NO4S/c1-10-5-7-11(8-6-10)13(18(15)16)9-3-4-12(14)17-2/h5-8,18H,3-4,9H2,1-2H3. The molecule has 0 heterocycles. The van der Waals surface area contributed by atoms with Gasteiger partial charge in [-0.2, -0.15) is 0 Å². The van der Waals surface area contributed by atoms with Crippen molar-refractivity contribution in [2.24, 2.45) is 0 Å². The predicted octanol–water partition coefficient (Wildman–Crippen LogP) is 1.28. The summed E-state index contributed by atoms with van der Waals surface area (Å²) in [6.07, 6.45) is 0.645. The van der Waals surface area contributed by atoms with Crippen LogP contribution in [0, 0.1) is 6.92 Å². The molecule has 6 heteroatoms. The third-order valence-corrected chi connectivity index (χ3v) is 3.33. The molecule has 0 saturated heterocycles. The number of methoxy groups -OCH3 is 1. The van der Waals surface area contributed by atoms with Gasteiger partial charge in [-0.05, 0) is 25.5 Å². The van der Waals surface area contributed by atoms with Crippen molar-refractivity contribution in [3.05, 3.63) is 29.8 Å². The maximum atomic E-state index is 11.2. The molecule has 5 nitrogen and oxygen atoms in total. The van der Waals surface area contributed by atoms with Gasteiger partial charge >= 0.3 is 5.97 Å². The van der Waals surface area contributed by atoms with E-state index in [0.29, 0.717) is 12.1 Å². The van der Waals surface area contributed by atoms with E-state index in [1.54, 1.807) is 12.1 Å². The Labute approximate surface area is 108 Å². The summed E-state index contributed by atoms with van der Waals surface area (Å²) in [4.78, 5) is 11.0. The Bertz CT molecular complexity index is 459. The SMILES string of the molecule is COC(=O)CCCN(c1ccc(C)cc1)[SH](=O)=O. The number of rotatable bonds is 6. The van der Waals surface area contributed by atoms with Gasteiger partial charge in [-0.1, -0.05) is 17.7 Å². The zero-order valence-corrected chi connectivity index (χ0v) is 11.4. The van der Waals surface area contributed by atoms with Gasteiger partial charge in [0.2, 0.25) is 10.9 Å². The lowest BCUT2D eigenvalue weighted by molar-refractivity contribution is -0.140. The maximum absolute atomic E-state index is 11.2. The molecule has 0 unspecified atom stereocenters. The molecule has 0 N–H and O–H groups in total. The lowest BCUT2D eigenvalue weighted by Crippen LogP contribution is -2.23. The lowest BCUT2D eigenvalue weighted by atomic mass is 10.2. The van der Waals surface area contributed by atoms with E-state index in [1.165, 1.54) is 11.4 Å². The van der Waals surface area contributed by atoms with E-state index >= 15 is 0 Å². The van der Waals surface area contributed by atoms with Gasteiger partial charge in [0.25, 0.3) is 0 Å². The molecule has 1 rings (SSSR count). The van der Waals surface area contributed by atoms with Gasteiger partial charge in [-0.3, -0.25) is 9.10 Å². The van der Waals surface area contributed by atoms with Crippen LogP contribution < -0.4 is 4.31 Å². The van der Waals surface area contributed by atoms with Crippen molar-refractivity contribution >= 4 is 22.5 Å². The van der Waals surface area contributed by atoms with Crippen LogP contribution in [0.5, 0.6) is 0 Å². The van der Waals surface area contributed by atoms with Crippen LogP contribution in [0.25, 0.3) is 0 Å². The second-order valence-corrected chi connectivity index (χ2v) is 4.83. The van der Waals surface area contributed by atoms with Gasteiger partial charge < -0.3 is 4.74 Å². The average molecular weight is 271 g/mol. The second kappa shape index (κ2) is 7.00. The van der Waals surface area contributed by atoms with Gasteiger partial charge in [0.05, 0.1) is 12.8 Å². The van der Waals surface area contributed by atoms with Gasteiger partial charge in [-0.25, -0.2) is 8.42 Å². The van der Waals surface area contributed by atoms with E-state index < -0.39 is 10.9 Å². The molecule has 0 aliphatic heterocycles. The zero-order valence-electron chi connectivity index (χ0n) is 10.5. The predicted molar refractivity (Wildman–Crippen MR) is 70.1 cm³/mol. The van der Waals surface area contributed by atoms with E-state index in [4.69, 9.17) is 0 Å². The normalized spacial score (nSPS) is 10.4. The number of thiol groups is 1. The van der Waals surface area contributed by atoms with Crippen molar-refractivity contribution in [1.82, 2.24) is 0 Å². The number of hydrogen-bond donors (Lipinski definition) is 1. The molecule has 0 aliphatic rings. The summed E-state index contributed by atoms with van der Waals surface area (Å²) < 4.78 is 28.1. The average Bonchev–Trinajstić information content (AvgIpc) is 2.35. The Morgan fingerprint density at radius 2 is 1.89 bits per heavy atom. The number of benzene rings is 1. The monoisotopic (exact) mass is 271 g/mol. The fraction of sp³-hybridized carbons (Fsp3) is 0.417. The first-order valence-electron chi connectivity index (χ1n) is 5.60. The summed E-state index contributed by atoms with van der Waals surface area (Å²) in [6, 6.07) is 7.19. The summed E-state index contributed by atoms with van der Waals surface area (Å²) in [5, 5.41) is 0. The molecule has 0 amide bonds. The molecule has 1 aromatic rings. The van der Waals surface area contributed by atoms with Crippen molar-refractivity contribution in [3.8, 4) is 0 Å². The van der Waals surface area contributed by atoms with Gasteiger partial charge in [0.1, 0.15) is 0 Å². The molecular formula is C12H17NO4S. The van der Waals surface area contributed by atoms with E-state index in [0.717, 1.165) is 5.56 Å². The third kappa shape index (κ3) is 4.37. The Morgan fingerprint density at radius 3 is 2.39 bits per heavy atom. The van der Waals surface area contributed by atoms with E-state index in [2.05, 4.69) is 4.74 Å². The third-order valence-electron chi connectivity index (χ3n) is 2.51. The van der Waals surface area contributed by atoms with Crippen molar-refractivity contribution in [1.29, 1.82) is 0 Å². The summed E-state index contributed by atoms with van der Waals surface area (Å²) in [5.74, 6) is -0.333. The van der Waals surface area contributed by atoms with Crippen molar-refractivity contribution in [2.75, 3.05) is 18.0 Å². The minimum atomic E-state index is -2.70. The Hall–Kier alpha value is -1.56. The molecule has 0 radical (unpaired) electrons. The molecule has 0 atom stereocenters. The highest BCUT2D eigenvalue weighted by atomic mass is 32.2. The van der Waals surface area contributed by atoms with E-state index in [1.807, 2.05) is 19.1 Å². The number of esters is 1. The summed E-state index contributed by atoms with van der Waals surface area (Å²) >= 11 is 0. The number of carbonyl (C=O) groups excluding carboxylic acids is 1. The molecule has 0 fully saturated rings. The Balaban J connectivity index is 2.66. The first-order valence-corrected chi connectivity index (χ1v) is 6.73. The van der Waals surface area contributed by atoms with Crippen LogP contribution >= 0.6 is 0 Å². The first kappa shape index (κ1) is 14.5. The lowest BCUT2D eigenvalue weighted by Gasteiger charge is -2.17. The molecule has 1 aromatic carbocycles. The molecule has 0 spiro atoms. The molecule has 0 bridgehead atoms. The van der Waals surface area contributed by atoms with Crippen LogP contribution in [0.3, 0.4) is 0 Å². The highest BCUT2D eigenvalue weighted by molar-refractivity contribution is 7.74. The number of carbonyl (C=O) groups is 1.